The third kappa shape index (κ3) is 11.7. The molecule has 1 aromatic rings. The zero-order valence-corrected chi connectivity index (χ0v) is 23.0. The second-order valence-corrected chi connectivity index (χ2v) is 11.8. The van der Waals surface area contributed by atoms with Crippen LogP contribution in [-0.2, 0) is 19.0 Å². The maximum Gasteiger partial charge on any atom is 0.412 e. The highest BCUT2D eigenvalue weighted by molar-refractivity contribution is 9.10. The highest BCUT2D eigenvalue weighted by Gasteiger charge is 2.32. The van der Waals surface area contributed by atoms with E-state index in [9.17, 15) is 19.5 Å². The third-order valence-electron chi connectivity index (χ3n) is 3.85. The molecule has 9 nitrogen and oxygen atoms in total. The number of hydrogen-bond donors (Lipinski definition) is 3. The first-order valence-electron chi connectivity index (χ1n) is 11.0. The molecular weight excluding hydrogens is 508 g/mol. The number of benzene rings is 1. The van der Waals surface area contributed by atoms with Crippen molar-refractivity contribution in [3.05, 3.63) is 28.2 Å². The number of carbonyl (C=O) groups excluding carboxylic acids is 3. The Labute approximate surface area is 210 Å². The number of nitrogens with one attached hydrogen (secondary N) is 2. The average Bonchev–Trinajstić information content (AvgIpc) is 2.56. The van der Waals surface area contributed by atoms with E-state index in [4.69, 9.17) is 14.2 Å². The summed E-state index contributed by atoms with van der Waals surface area (Å²) >= 11 is 3.34. The minimum atomic E-state index is -1.24. The van der Waals surface area contributed by atoms with Gasteiger partial charge < -0.3 is 24.6 Å². The molecule has 0 heterocycles. The van der Waals surface area contributed by atoms with Crippen LogP contribution in [0.15, 0.2) is 22.7 Å². The molecular formula is C24H37BrN2O7. The quantitative estimate of drug-likeness (QED) is 0.321. The molecule has 0 bridgehead atoms. The van der Waals surface area contributed by atoms with E-state index >= 15 is 0 Å². The normalized spacial score (nSPS) is 14.0. The van der Waals surface area contributed by atoms with E-state index in [1.807, 2.05) is 0 Å². The van der Waals surface area contributed by atoms with Crippen LogP contribution in [0, 0.1) is 0 Å². The highest BCUT2D eigenvalue weighted by Crippen LogP contribution is 2.30. The average molecular weight is 545 g/mol. The van der Waals surface area contributed by atoms with Crippen molar-refractivity contribution in [2.75, 3.05) is 5.32 Å². The second-order valence-electron chi connectivity index (χ2n) is 10.8. The van der Waals surface area contributed by atoms with Crippen LogP contribution in [0.4, 0.5) is 15.3 Å². The fourth-order valence-corrected chi connectivity index (χ4v) is 3.09. The predicted molar refractivity (Wildman–Crippen MR) is 133 cm³/mol. The highest BCUT2D eigenvalue weighted by atomic mass is 79.9. The van der Waals surface area contributed by atoms with Gasteiger partial charge in [0.25, 0.3) is 0 Å². The van der Waals surface area contributed by atoms with Gasteiger partial charge in [0.1, 0.15) is 22.8 Å². The lowest BCUT2D eigenvalue weighted by atomic mass is 10.00. The number of aliphatic hydroxyl groups is 1. The summed E-state index contributed by atoms with van der Waals surface area (Å²) in [5.74, 6) is -0.726. The molecule has 3 N–H and O–H groups in total. The monoisotopic (exact) mass is 544 g/mol. The molecule has 0 radical (unpaired) electrons. The molecule has 192 valence electrons. The molecule has 0 aliphatic heterocycles. The van der Waals surface area contributed by atoms with Crippen molar-refractivity contribution >= 4 is 39.8 Å². The summed E-state index contributed by atoms with van der Waals surface area (Å²) in [6.45, 7) is 15.4. The smallest absolute Gasteiger partial charge is 0.412 e. The van der Waals surface area contributed by atoms with E-state index in [2.05, 4.69) is 26.6 Å². The van der Waals surface area contributed by atoms with Gasteiger partial charge in [-0.15, -0.1) is 0 Å². The Balaban J connectivity index is 3.17. The van der Waals surface area contributed by atoms with E-state index < -0.39 is 47.1 Å². The van der Waals surface area contributed by atoms with E-state index in [-0.39, 0.29) is 12.1 Å². The van der Waals surface area contributed by atoms with Crippen molar-refractivity contribution < 1.29 is 33.7 Å². The number of aliphatic hydroxyl groups excluding tert-OH is 1. The molecule has 10 heteroatoms. The van der Waals surface area contributed by atoms with Crippen LogP contribution >= 0.6 is 15.9 Å². The summed E-state index contributed by atoms with van der Waals surface area (Å²) in [5, 5.41) is 16.1. The molecule has 1 aromatic carbocycles. The van der Waals surface area contributed by atoms with Gasteiger partial charge in [-0.3, -0.25) is 5.32 Å². The van der Waals surface area contributed by atoms with Crippen LogP contribution < -0.4 is 10.6 Å². The number of ether oxygens (including phenoxy) is 3. The van der Waals surface area contributed by atoms with Gasteiger partial charge >= 0.3 is 18.2 Å². The van der Waals surface area contributed by atoms with Gasteiger partial charge in [-0.2, -0.15) is 0 Å². The molecule has 1 rings (SSSR count). The zero-order valence-electron chi connectivity index (χ0n) is 21.4. The predicted octanol–water partition coefficient (Wildman–Crippen LogP) is 5.45. The van der Waals surface area contributed by atoms with Gasteiger partial charge in [-0.05, 0) is 74.4 Å². The van der Waals surface area contributed by atoms with Crippen LogP contribution in [0.25, 0.3) is 0 Å². The maximum absolute atomic E-state index is 12.8. The number of halogens is 1. The van der Waals surface area contributed by atoms with Crippen molar-refractivity contribution in [1.82, 2.24) is 5.32 Å². The summed E-state index contributed by atoms with van der Waals surface area (Å²) in [4.78, 5) is 37.4. The summed E-state index contributed by atoms with van der Waals surface area (Å²) < 4.78 is 16.6. The number of hydrogen-bond acceptors (Lipinski definition) is 7. The van der Waals surface area contributed by atoms with Crippen molar-refractivity contribution in [2.24, 2.45) is 0 Å². The summed E-state index contributed by atoms with van der Waals surface area (Å²) in [7, 11) is 0. The van der Waals surface area contributed by atoms with Crippen LogP contribution in [0.3, 0.4) is 0 Å². The topological polar surface area (TPSA) is 123 Å². The van der Waals surface area contributed by atoms with Gasteiger partial charge in [-0.1, -0.05) is 22.0 Å². The van der Waals surface area contributed by atoms with Crippen molar-refractivity contribution in [3.63, 3.8) is 0 Å². The number of rotatable bonds is 6. The van der Waals surface area contributed by atoms with E-state index in [1.165, 1.54) is 0 Å². The fourth-order valence-electron chi connectivity index (χ4n) is 2.73. The minimum absolute atomic E-state index is 0.223. The molecule has 34 heavy (non-hydrogen) atoms. The largest absolute Gasteiger partial charge is 0.458 e. The Hall–Kier alpha value is -2.33. The lowest BCUT2D eigenvalue weighted by Gasteiger charge is -2.28. The molecule has 1 unspecified atom stereocenters. The van der Waals surface area contributed by atoms with Crippen LogP contribution in [0.2, 0.25) is 0 Å². The van der Waals surface area contributed by atoms with Crippen LogP contribution in [0.1, 0.15) is 80.4 Å². The SMILES string of the molecule is CC(C)(C)OC(=O)Nc1cc(Br)ccc1C(O)C[C@H](NC(=O)OC(C)(C)C)C(=O)OC(C)(C)C. The van der Waals surface area contributed by atoms with Crippen LogP contribution in [0.5, 0.6) is 0 Å². The standard InChI is InChI=1S/C24H37BrN2O7/c1-22(2,3)32-19(29)17(27-21(31)34-24(7,8)9)13-18(28)15-11-10-14(25)12-16(15)26-20(30)33-23(4,5)6/h10-12,17-18,28H,13H2,1-9H3,(H,26,30)(H,27,31)/t17-,18?/m0/s1. The van der Waals surface area contributed by atoms with Gasteiger partial charge in [0, 0.05) is 16.5 Å². The maximum atomic E-state index is 12.8. The minimum Gasteiger partial charge on any atom is -0.458 e. The Bertz CT molecular complexity index is 883. The number of amides is 2. The van der Waals surface area contributed by atoms with Gasteiger partial charge in [0.15, 0.2) is 0 Å². The first kappa shape index (κ1) is 29.7. The van der Waals surface area contributed by atoms with Gasteiger partial charge in [0.05, 0.1) is 11.8 Å². The molecule has 2 amide bonds. The van der Waals surface area contributed by atoms with Crippen LogP contribution in [-0.4, -0.2) is 46.1 Å². The van der Waals surface area contributed by atoms with Crippen molar-refractivity contribution in [3.8, 4) is 0 Å². The molecule has 0 aliphatic rings. The number of alkyl carbamates (subject to hydrolysis) is 1. The Morgan fingerprint density at radius 2 is 1.38 bits per heavy atom. The first-order valence-corrected chi connectivity index (χ1v) is 11.7. The van der Waals surface area contributed by atoms with Crippen molar-refractivity contribution in [1.29, 1.82) is 0 Å². The van der Waals surface area contributed by atoms with E-state index in [1.54, 1.807) is 80.5 Å². The van der Waals surface area contributed by atoms with Gasteiger partial charge in [0.2, 0.25) is 0 Å². The molecule has 0 aromatic heterocycles. The zero-order chi connectivity index (χ0) is 26.5. The lowest BCUT2D eigenvalue weighted by molar-refractivity contribution is -0.158. The Kier molecular flexibility index (Phi) is 9.96. The molecule has 2 atom stereocenters. The third-order valence-corrected chi connectivity index (χ3v) is 4.34. The second kappa shape index (κ2) is 11.4. The molecule has 0 saturated heterocycles. The lowest BCUT2D eigenvalue weighted by Crippen LogP contribution is -2.46. The summed E-state index contributed by atoms with van der Waals surface area (Å²) in [5.41, 5.74) is -1.69. The number of esters is 1. The molecule has 0 aliphatic carbocycles. The number of carbonyl (C=O) groups is 3. The summed E-state index contributed by atoms with van der Waals surface area (Å²) in [6.07, 6.45) is -2.99. The molecule has 0 fully saturated rings. The first-order chi connectivity index (χ1) is 15.3. The fraction of sp³-hybridized carbons (Fsp3) is 0.625. The van der Waals surface area contributed by atoms with E-state index in [0.29, 0.717) is 10.0 Å². The number of anilines is 1. The molecule has 0 saturated carbocycles. The summed E-state index contributed by atoms with van der Waals surface area (Å²) in [6, 6.07) is 3.68. The van der Waals surface area contributed by atoms with Crippen molar-refractivity contribution in [2.45, 2.75) is 97.7 Å². The Morgan fingerprint density at radius 1 is 0.882 bits per heavy atom. The van der Waals surface area contributed by atoms with E-state index in [0.717, 1.165) is 0 Å². The Morgan fingerprint density at radius 3 is 1.88 bits per heavy atom. The molecule has 0 spiro atoms. The van der Waals surface area contributed by atoms with Gasteiger partial charge in [-0.25, -0.2) is 14.4 Å².